The van der Waals surface area contributed by atoms with Crippen LogP contribution in [0.4, 0.5) is 0 Å². The smallest absolute Gasteiger partial charge is 0.133 e. The summed E-state index contributed by atoms with van der Waals surface area (Å²) in [5.74, 6) is 0.716. The van der Waals surface area contributed by atoms with Crippen molar-refractivity contribution >= 4 is 5.78 Å². The Kier molecular flexibility index (Phi) is 4.99. The van der Waals surface area contributed by atoms with E-state index in [9.17, 15) is 4.79 Å². The van der Waals surface area contributed by atoms with Gasteiger partial charge >= 0.3 is 0 Å². The Balaban J connectivity index is 1.56. The van der Waals surface area contributed by atoms with E-state index < -0.39 is 0 Å². The number of Topliss-reactive ketones (excluding diaryl/α,β-unsaturated/α-hetero) is 1. The number of ether oxygens (including phenoxy) is 1. The van der Waals surface area contributed by atoms with E-state index in [4.69, 9.17) is 4.74 Å². The molecule has 2 aliphatic heterocycles. The maximum absolute atomic E-state index is 11.3. The second-order valence-electron chi connectivity index (χ2n) is 5.50. The van der Waals surface area contributed by atoms with Gasteiger partial charge in [-0.3, -0.25) is 4.79 Å². The van der Waals surface area contributed by atoms with Gasteiger partial charge in [0.05, 0.1) is 6.10 Å². The zero-order valence-corrected chi connectivity index (χ0v) is 11.0. The van der Waals surface area contributed by atoms with Crippen LogP contribution in [-0.2, 0) is 9.53 Å². The summed E-state index contributed by atoms with van der Waals surface area (Å²) < 4.78 is 5.63. The average Bonchev–Trinajstić information content (AvgIpc) is 2.83. The zero-order valence-electron chi connectivity index (χ0n) is 11.0. The minimum absolute atomic E-state index is 0.337. The summed E-state index contributed by atoms with van der Waals surface area (Å²) in [5, 5.41) is 0. The number of rotatable bonds is 5. The van der Waals surface area contributed by atoms with Gasteiger partial charge in [0.25, 0.3) is 0 Å². The van der Waals surface area contributed by atoms with Gasteiger partial charge in [-0.05, 0) is 65.1 Å². The lowest BCUT2D eigenvalue weighted by Gasteiger charge is -2.30. The highest BCUT2D eigenvalue weighted by Gasteiger charge is 2.22. The molecular formula is C14H25NO2. The second kappa shape index (κ2) is 6.50. The summed E-state index contributed by atoms with van der Waals surface area (Å²) in [7, 11) is 0. The predicted octanol–water partition coefficient (Wildman–Crippen LogP) is 2.25. The Labute approximate surface area is 105 Å². The fourth-order valence-electron chi connectivity index (χ4n) is 2.98. The molecule has 2 aliphatic rings. The molecule has 1 unspecified atom stereocenters. The molecule has 98 valence electrons. The SMILES string of the molecule is CC(=O)C1CCN(CCCC2CCCO2)CC1. The Hall–Kier alpha value is -0.410. The van der Waals surface area contributed by atoms with Gasteiger partial charge in [-0.1, -0.05) is 0 Å². The van der Waals surface area contributed by atoms with Gasteiger partial charge in [0.1, 0.15) is 5.78 Å². The molecule has 1 atom stereocenters. The molecule has 2 saturated heterocycles. The summed E-state index contributed by atoms with van der Waals surface area (Å²) in [4.78, 5) is 13.8. The fourth-order valence-corrected chi connectivity index (χ4v) is 2.98. The minimum atomic E-state index is 0.337. The molecule has 17 heavy (non-hydrogen) atoms. The number of carbonyl (C=O) groups excluding carboxylic acids is 1. The third-order valence-corrected chi connectivity index (χ3v) is 4.19. The second-order valence-corrected chi connectivity index (χ2v) is 5.50. The van der Waals surface area contributed by atoms with Crippen molar-refractivity contribution in [3.63, 3.8) is 0 Å². The van der Waals surface area contributed by atoms with E-state index in [-0.39, 0.29) is 0 Å². The van der Waals surface area contributed by atoms with Crippen molar-refractivity contribution in [1.29, 1.82) is 0 Å². The van der Waals surface area contributed by atoms with Crippen LogP contribution in [0, 0.1) is 5.92 Å². The number of piperidine rings is 1. The lowest BCUT2D eigenvalue weighted by atomic mass is 9.93. The first-order valence-corrected chi connectivity index (χ1v) is 7.10. The predicted molar refractivity (Wildman–Crippen MR) is 68.1 cm³/mol. The maximum atomic E-state index is 11.3. The highest BCUT2D eigenvalue weighted by Crippen LogP contribution is 2.20. The van der Waals surface area contributed by atoms with Crippen molar-refractivity contribution in [2.75, 3.05) is 26.2 Å². The van der Waals surface area contributed by atoms with Crippen LogP contribution >= 0.6 is 0 Å². The monoisotopic (exact) mass is 239 g/mol. The van der Waals surface area contributed by atoms with Gasteiger partial charge in [-0.25, -0.2) is 0 Å². The summed E-state index contributed by atoms with van der Waals surface area (Å²) in [6.45, 7) is 6.10. The molecule has 2 fully saturated rings. The van der Waals surface area contributed by atoms with E-state index in [1.54, 1.807) is 6.92 Å². The molecule has 0 amide bonds. The lowest BCUT2D eigenvalue weighted by Crippen LogP contribution is -2.36. The van der Waals surface area contributed by atoms with Gasteiger partial charge in [0, 0.05) is 12.5 Å². The first-order valence-electron chi connectivity index (χ1n) is 7.10. The average molecular weight is 239 g/mol. The third kappa shape index (κ3) is 4.07. The third-order valence-electron chi connectivity index (χ3n) is 4.19. The molecule has 0 aromatic carbocycles. The van der Waals surface area contributed by atoms with Gasteiger partial charge < -0.3 is 9.64 Å². The number of carbonyl (C=O) groups is 1. The molecule has 0 spiro atoms. The van der Waals surface area contributed by atoms with E-state index >= 15 is 0 Å². The molecule has 0 aromatic rings. The minimum Gasteiger partial charge on any atom is -0.378 e. The molecule has 0 aliphatic carbocycles. The van der Waals surface area contributed by atoms with E-state index in [0.29, 0.717) is 17.8 Å². The van der Waals surface area contributed by atoms with E-state index in [2.05, 4.69) is 4.90 Å². The molecule has 0 N–H and O–H groups in total. The van der Waals surface area contributed by atoms with Crippen LogP contribution in [0.15, 0.2) is 0 Å². The van der Waals surface area contributed by atoms with Gasteiger partial charge in [0.2, 0.25) is 0 Å². The molecule has 0 saturated carbocycles. The number of hydrogen-bond donors (Lipinski definition) is 0. The molecule has 0 bridgehead atoms. The first-order chi connectivity index (χ1) is 8.25. The Morgan fingerprint density at radius 3 is 2.65 bits per heavy atom. The van der Waals surface area contributed by atoms with E-state index in [1.807, 2.05) is 0 Å². The van der Waals surface area contributed by atoms with Crippen LogP contribution < -0.4 is 0 Å². The van der Waals surface area contributed by atoms with Crippen LogP contribution in [0.3, 0.4) is 0 Å². The fraction of sp³-hybridized carbons (Fsp3) is 0.929. The van der Waals surface area contributed by atoms with Crippen molar-refractivity contribution in [3.8, 4) is 0 Å². The van der Waals surface area contributed by atoms with Crippen molar-refractivity contribution in [1.82, 2.24) is 4.90 Å². The van der Waals surface area contributed by atoms with Crippen molar-refractivity contribution in [3.05, 3.63) is 0 Å². The van der Waals surface area contributed by atoms with Crippen LogP contribution in [0.25, 0.3) is 0 Å². The number of hydrogen-bond acceptors (Lipinski definition) is 3. The summed E-state index contributed by atoms with van der Waals surface area (Å²) in [6, 6.07) is 0. The van der Waals surface area contributed by atoms with Crippen molar-refractivity contribution < 1.29 is 9.53 Å². The Bertz CT molecular complexity index is 241. The van der Waals surface area contributed by atoms with Crippen LogP contribution in [0.5, 0.6) is 0 Å². The Morgan fingerprint density at radius 1 is 1.29 bits per heavy atom. The highest BCUT2D eigenvalue weighted by molar-refractivity contribution is 5.78. The standard InChI is InChI=1S/C14H25NO2/c1-12(16)13-6-9-15(10-7-13)8-2-4-14-5-3-11-17-14/h13-14H,2-11H2,1H3. The van der Waals surface area contributed by atoms with Crippen LogP contribution in [-0.4, -0.2) is 43.0 Å². The van der Waals surface area contributed by atoms with Gasteiger partial charge in [-0.15, -0.1) is 0 Å². The summed E-state index contributed by atoms with van der Waals surface area (Å²) in [5.41, 5.74) is 0. The molecule has 0 aromatic heterocycles. The summed E-state index contributed by atoms with van der Waals surface area (Å²) in [6.07, 6.45) is 7.62. The molecule has 2 rings (SSSR count). The topological polar surface area (TPSA) is 29.5 Å². The molecule has 0 radical (unpaired) electrons. The largest absolute Gasteiger partial charge is 0.378 e. The summed E-state index contributed by atoms with van der Waals surface area (Å²) >= 11 is 0. The maximum Gasteiger partial charge on any atom is 0.133 e. The quantitative estimate of drug-likeness (QED) is 0.737. The van der Waals surface area contributed by atoms with Crippen LogP contribution in [0.2, 0.25) is 0 Å². The highest BCUT2D eigenvalue weighted by atomic mass is 16.5. The zero-order chi connectivity index (χ0) is 12.1. The first kappa shape index (κ1) is 13.0. The number of nitrogens with zero attached hydrogens (tertiary/aromatic N) is 1. The van der Waals surface area contributed by atoms with Gasteiger partial charge in [0.15, 0.2) is 0 Å². The Morgan fingerprint density at radius 2 is 2.06 bits per heavy atom. The lowest BCUT2D eigenvalue weighted by molar-refractivity contribution is -0.122. The van der Waals surface area contributed by atoms with Crippen molar-refractivity contribution in [2.24, 2.45) is 5.92 Å². The number of likely N-dealkylation sites (tertiary alicyclic amines) is 1. The van der Waals surface area contributed by atoms with E-state index in [1.165, 1.54) is 32.2 Å². The molecular weight excluding hydrogens is 214 g/mol. The number of ketones is 1. The molecule has 3 heteroatoms. The van der Waals surface area contributed by atoms with Crippen LogP contribution in [0.1, 0.15) is 45.4 Å². The van der Waals surface area contributed by atoms with Crippen molar-refractivity contribution in [2.45, 2.75) is 51.6 Å². The molecule has 2 heterocycles. The van der Waals surface area contributed by atoms with Gasteiger partial charge in [-0.2, -0.15) is 0 Å². The van der Waals surface area contributed by atoms with E-state index in [0.717, 1.165) is 32.5 Å². The normalized spacial score (nSPS) is 27.5. The molecule has 3 nitrogen and oxygen atoms in total.